The summed E-state index contributed by atoms with van der Waals surface area (Å²) in [6.07, 6.45) is -5.84. The van der Waals surface area contributed by atoms with Gasteiger partial charge in [-0.25, -0.2) is 4.79 Å². The van der Waals surface area contributed by atoms with E-state index in [9.17, 15) is 26.7 Å². The quantitative estimate of drug-likeness (QED) is 0.862. The SMILES string of the molecule is COc1ccc2c(C(=O)O)cccc2c1C(F)(F)C(F)(F)F. The first-order valence-electron chi connectivity index (χ1n) is 5.89. The number of benzene rings is 2. The van der Waals surface area contributed by atoms with Crippen molar-refractivity contribution in [3.8, 4) is 5.75 Å². The Labute approximate surface area is 120 Å². The summed E-state index contributed by atoms with van der Waals surface area (Å²) >= 11 is 0. The van der Waals surface area contributed by atoms with Gasteiger partial charge >= 0.3 is 18.1 Å². The maximum absolute atomic E-state index is 13.8. The number of methoxy groups -OCH3 is 1. The average Bonchev–Trinajstić information content (AvgIpc) is 2.43. The van der Waals surface area contributed by atoms with Crippen LogP contribution in [-0.2, 0) is 5.92 Å². The van der Waals surface area contributed by atoms with Crippen LogP contribution >= 0.6 is 0 Å². The lowest BCUT2D eigenvalue weighted by atomic mass is 9.95. The van der Waals surface area contributed by atoms with Crippen molar-refractivity contribution in [3.05, 3.63) is 41.5 Å². The second-order valence-corrected chi connectivity index (χ2v) is 4.42. The number of rotatable bonds is 3. The number of fused-ring (bicyclic) bond motifs is 1. The van der Waals surface area contributed by atoms with E-state index in [0.717, 1.165) is 37.4 Å². The van der Waals surface area contributed by atoms with E-state index in [2.05, 4.69) is 4.74 Å². The van der Waals surface area contributed by atoms with Gasteiger partial charge < -0.3 is 9.84 Å². The summed E-state index contributed by atoms with van der Waals surface area (Å²) in [4.78, 5) is 11.1. The van der Waals surface area contributed by atoms with Crippen molar-refractivity contribution in [1.82, 2.24) is 0 Å². The summed E-state index contributed by atoms with van der Waals surface area (Å²) in [6.45, 7) is 0. The van der Waals surface area contributed by atoms with E-state index in [1.54, 1.807) is 0 Å². The summed E-state index contributed by atoms with van der Waals surface area (Å²) in [6, 6.07) is 5.24. The van der Waals surface area contributed by atoms with Crippen LogP contribution in [0.5, 0.6) is 5.75 Å². The van der Waals surface area contributed by atoms with Crippen LogP contribution in [0.2, 0.25) is 0 Å². The minimum atomic E-state index is -5.84. The molecule has 118 valence electrons. The first-order chi connectivity index (χ1) is 10.1. The van der Waals surface area contributed by atoms with Gasteiger partial charge in [-0.15, -0.1) is 0 Å². The van der Waals surface area contributed by atoms with Crippen molar-refractivity contribution in [2.45, 2.75) is 12.1 Å². The fourth-order valence-corrected chi connectivity index (χ4v) is 2.16. The topological polar surface area (TPSA) is 46.5 Å². The first-order valence-corrected chi connectivity index (χ1v) is 5.89. The molecule has 0 aliphatic rings. The number of halogens is 5. The summed E-state index contributed by atoms with van der Waals surface area (Å²) < 4.78 is 70.4. The summed E-state index contributed by atoms with van der Waals surface area (Å²) in [7, 11) is 0.957. The number of hydrogen-bond donors (Lipinski definition) is 1. The molecular weight excluding hydrogens is 311 g/mol. The Bertz CT molecular complexity index is 737. The molecule has 0 aliphatic carbocycles. The van der Waals surface area contributed by atoms with Gasteiger partial charge in [0.1, 0.15) is 5.75 Å². The molecule has 22 heavy (non-hydrogen) atoms. The van der Waals surface area contributed by atoms with E-state index in [-0.39, 0.29) is 10.9 Å². The molecule has 2 rings (SSSR count). The van der Waals surface area contributed by atoms with Crippen molar-refractivity contribution in [2.75, 3.05) is 7.11 Å². The molecule has 2 aromatic rings. The van der Waals surface area contributed by atoms with Gasteiger partial charge in [0.15, 0.2) is 0 Å². The van der Waals surface area contributed by atoms with Crippen LogP contribution in [0, 0.1) is 0 Å². The van der Waals surface area contributed by atoms with Crippen LogP contribution in [0.15, 0.2) is 30.3 Å². The Hall–Kier alpha value is -2.38. The van der Waals surface area contributed by atoms with Crippen molar-refractivity contribution in [3.63, 3.8) is 0 Å². The molecule has 0 saturated heterocycles. The van der Waals surface area contributed by atoms with E-state index in [0.29, 0.717) is 0 Å². The maximum Gasteiger partial charge on any atom is 0.458 e. The third kappa shape index (κ3) is 2.34. The zero-order valence-electron chi connectivity index (χ0n) is 11.0. The third-order valence-corrected chi connectivity index (χ3v) is 3.14. The number of hydrogen-bond acceptors (Lipinski definition) is 2. The highest BCUT2D eigenvalue weighted by atomic mass is 19.4. The predicted molar refractivity (Wildman–Crippen MR) is 67.4 cm³/mol. The van der Waals surface area contributed by atoms with E-state index in [1.165, 1.54) is 0 Å². The van der Waals surface area contributed by atoms with Gasteiger partial charge in [-0.3, -0.25) is 0 Å². The van der Waals surface area contributed by atoms with Crippen molar-refractivity contribution < 1.29 is 36.6 Å². The lowest BCUT2D eigenvalue weighted by molar-refractivity contribution is -0.289. The molecule has 0 atom stereocenters. The third-order valence-electron chi connectivity index (χ3n) is 3.14. The van der Waals surface area contributed by atoms with Gasteiger partial charge in [0.25, 0.3) is 0 Å². The molecular formula is C14H9F5O3. The van der Waals surface area contributed by atoms with Gasteiger partial charge in [-0.2, -0.15) is 22.0 Å². The molecule has 0 aliphatic heterocycles. The Morgan fingerprint density at radius 3 is 2.18 bits per heavy atom. The van der Waals surface area contributed by atoms with Crippen LogP contribution in [0.3, 0.4) is 0 Å². The van der Waals surface area contributed by atoms with Crippen LogP contribution in [-0.4, -0.2) is 24.4 Å². The Kier molecular flexibility index (Phi) is 3.72. The molecule has 2 aromatic carbocycles. The van der Waals surface area contributed by atoms with E-state index in [1.807, 2.05) is 0 Å². The lowest BCUT2D eigenvalue weighted by Crippen LogP contribution is -2.34. The highest BCUT2D eigenvalue weighted by Gasteiger charge is 2.60. The Balaban J connectivity index is 2.93. The molecule has 0 saturated carbocycles. The van der Waals surface area contributed by atoms with Gasteiger partial charge in [0, 0.05) is 0 Å². The number of carbonyl (C=O) groups is 1. The van der Waals surface area contributed by atoms with Gasteiger partial charge in [0.05, 0.1) is 18.2 Å². The normalized spacial score (nSPS) is 12.5. The lowest BCUT2D eigenvalue weighted by Gasteiger charge is -2.23. The fraction of sp³-hybridized carbons (Fsp3) is 0.214. The second kappa shape index (κ2) is 5.11. The van der Waals surface area contributed by atoms with Crippen LogP contribution in [0.4, 0.5) is 22.0 Å². The summed E-state index contributed by atoms with van der Waals surface area (Å²) in [5, 5.41) is 8.27. The molecule has 0 fully saturated rings. The molecule has 0 spiro atoms. The average molecular weight is 320 g/mol. The van der Waals surface area contributed by atoms with E-state index in [4.69, 9.17) is 5.11 Å². The smallest absolute Gasteiger partial charge is 0.458 e. The molecule has 0 aromatic heterocycles. The molecule has 0 heterocycles. The molecule has 1 N–H and O–H groups in total. The molecule has 0 amide bonds. The Morgan fingerprint density at radius 2 is 1.68 bits per heavy atom. The molecule has 0 radical (unpaired) electrons. The highest BCUT2D eigenvalue weighted by molar-refractivity contribution is 6.05. The summed E-state index contributed by atoms with van der Waals surface area (Å²) in [5.41, 5.74) is -1.78. The number of aromatic carboxylic acids is 1. The number of carboxylic acids is 1. The van der Waals surface area contributed by atoms with Crippen LogP contribution < -0.4 is 4.74 Å². The minimum absolute atomic E-state index is 0.227. The zero-order valence-corrected chi connectivity index (χ0v) is 11.0. The first kappa shape index (κ1) is 16.0. The largest absolute Gasteiger partial charge is 0.496 e. The van der Waals surface area contributed by atoms with Gasteiger partial charge in [-0.1, -0.05) is 12.1 Å². The second-order valence-electron chi connectivity index (χ2n) is 4.42. The standard InChI is InChI=1S/C14H9F5O3/c1-22-10-6-5-7-8(3-2-4-9(7)12(20)21)11(10)13(15,16)14(17,18)19/h2-6H,1H3,(H,20,21). The Morgan fingerprint density at radius 1 is 1.05 bits per heavy atom. The molecule has 0 bridgehead atoms. The number of carboxylic acid groups (broad SMARTS) is 1. The maximum atomic E-state index is 13.8. The van der Waals surface area contributed by atoms with Crippen LogP contribution in [0.25, 0.3) is 10.8 Å². The molecule has 8 heteroatoms. The number of alkyl halides is 5. The number of ether oxygens (including phenoxy) is 1. The minimum Gasteiger partial charge on any atom is -0.496 e. The van der Waals surface area contributed by atoms with Crippen LogP contribution in [0.1, 0.15) is 15.9 Å². The van der Waals surface area contributed by atoms with E-state index >= 15 is 0 Å². The van der Waals surface area contributed by atoms with Gasteiger partial charge in [0.2, 0.25) is 0 Å². The highest BCUT2D eigenvalue weighted by Crippen LogP contribution is 2.49. The van der Waals surface area contributed by atoms with Gasteiger partial charge in [-0.05, 0) is 29.0 Å². The van der Waals surface area contributed by atoms with Crippen molar-refractivity contribution >= 4 is 16.7 Å². The predicted octanol–water partition coefficient (Wildman–Crippen LogP) is 4.20. The van der Waals surface area contributed by atoms with Crippen molar-refractivity contribution in [2.24, 2.45) is 0 Å². The molecule has 0 unspecified atom stereocenters. The fourth-order valence-electron chi connectivity index (χ4n) is 2.16. The van der Waals surface area contributed by atoms with E-state index < -0.39 is 34.8 Å². The van der Waals surface area contributed by atoms with Crippen molar-refractivity contribution in [1.29, 1.82) is 0 Å². The zero-order chi connectivity index (χ0) is 16.7. The summed E-state index contributed by atoms with van der Waals surface area (Å²) in [5.74, 6) is -7.29. The molecule has 3 nitrogen and oxygen atoms in total. The monoisotopic (exact) mass is 320 g/mol.